The lowest BCUT2D eigenvalue weighted by molar-refractivity contribution is -0.366. The smallest absolute Gasteiger partial charge is 0.221 e. The summed E-state index contributed by atoms with van der Waals surface area (Å²) in [6.07, 6.45) is -17.1. The first-order valence-electron chi connectivity index (χ1n) is 9.56. The lowest BCUT2D eigenvalue weighted by Crippen LogP contribution is -2.71. The maximum atomic E-state index is 12.3. The van der Waals surface area contributed by atoms with E-state index in [0.717, 1.165) is 6.92 Å². The van der Waals surface area contributed by atoms with E-state index in [2.05, 4.69) is 5.32 Å². The third-order valence-corrected chi connectivity index (χ3v) is 5.10. The molecule has 12 N–H and O–H groups in total. The highest BCUT2D eigenvalue weighted by molar-refractivity contribution is 5.84. The van der Waals surface area contributed by atoms with Gasteiger partial charge in [-0.25, -0.2) is 0 Å². The van der Waals surface area contributed by atoms with Gasteiger partial charge in [-0.3, -0.25) is 9.59 Å². The predicted octanol–water partition coefficient (Wildman–Crippen LogP) is -7.24. The monoisotopic (exact) mass is 473 g/mol. The summed E-state index contributed by atoms with van der Waals surface area (Å²) in [7, 11) is 0. The second-order valence-corrected chi connectivity index (χ2v) is 7.78. The van der Waals surface area contributed by atoms with Crippen molar-refractivity contribution in [3.63, 3.8) is 0 Å². The Morgan fingerprint density at radius 1 is 1.09 bits per heavy atom. The van der Waals surface area contributed by atoms with Crippen LogP contribution in [0.4, 0.5) is 0 Å². The SMILES string of the molecule is CC(=O)N[C@H]1[C@H](C(O)(O)[C@H](O)CO)O[C@](O)(CC(=O)[C@H](O)[C@@H](O)[C@@H](O)[C@H](O)CO)C[C@@H]1O. The molecule has 0 aromatic carbocycles. The maximum absolute atomic E-state index is 12.3. The van der Waals surface area contributed by atoms with Crippen molar-refractivity contribution < 1.29 is 70.5 Å². The second-order valence-electron chi connectivity index (χ2n) is 7.78. The molecule has 15 heteroatoms. The molecule has 0 radical (unpaired) electrons. The van der Waals surface area contributed by atoms with Gasteiger partial charge in [0.25, 0.3) is 0 Å². The summed E-state index contributed by atoms with van der Waals surface area (Å²) in [5, 5.41) is 110. The van der Waals surface area contributed by atoms with E-state index in [1.807, 2.05) is 0 Å². The number of carbonyl (C=O) groups excluding carboxylic acids is 2. The van der Waals surface area contributed by atoms with Crippen LogP contribution in [0.25, 0.3) is 0 Å². The Balaban J connectivity index is 3.13. The highest BCUT2D eigenvalue weighted by Gasteiger charge is 2.57. The summed E-state index contributed by atoms with van der Waals surface area (Å²) in [5.74, 6) is -8.23. The number of carbonyl (C=O) groups is 2. The van der Waals surface area contributed by atoms with Crippen LogP contribution in [0.5, 0.6) is 0 Å². The lowest BCUT2D eigenvalue weighted by atomic mass is 9.84. The minimum atomic E-state index is -3.35. The number of nitrogens with one attached hydrogen (secondary N) is 1. The van der Waals surface area contributed by atoms with Gasteiger partial charge in [0.1, 0.15) is 36.6 Å². The fourth-order valence-corrected chi connectivity index (χ4v) is 3.30. The normalized spacial score (nSPS) is 31.3. The average molecular weight is 473 g/mol. The van der Waals surface area contributed by atoms with Gasteiger partial charge in [-0.05, 0) is 0 Å². The highest BCUT2D eigenvalue weighted by Crippen LogP contribution is 2.36. The molecule has 1 aliphatic heterocycles. The van der Waals surface area contributed by atoms with Crippen molar-refractivity contribution >= 4 is 11.7 Å². The zero-order valence-electron chi connectivity index (χ0n) is 17.1. The van der Waals surface area contributed by atoms with Crippen molar-refractivity contribution in [1.29, 1.82) is 0 Å². The van der Waals surface area contributed by atoms with E-state index in [0.29, 0.717) is 0 Å². The summed E-state index contributed by atoms with van der Waals surface area (Å²) in [6, 6.07) is -1.63. The van der Waals surface area contributed by atoms with Crippen molar-refractivity contribution in [3.05, 3.63) is 0 Å². The fourth-order valence-electron chi connectivity index (χ4n) is 3.30. The first kappa shape index (κ1) is 28.7. The van der Waals surface area contributed by atoms with Crippen molar-refractivity contribution in [2.24, 2.45) is 0 Å². The topological polar surface area (TPSA) is 278 Å². The standard InChI is InChI=1S/C17H31NO14/c1-6(21)18-11-7(22)2-16(29,32-15(11)17(30,31)10(25)5-20)3-8(23)12(26)14(28)13(27)9(24)4-19/h7,9-15,19-20,22,24-31H,2-5H2,1H3,(H,18,21)/t7-,9+,10+,11+,12-,13-,14+,15+,16-/m0/s1. The van der Waals surface area contributed by atoms with Crippen LogP contribution in [-0.2, 0) is 14.3 Å². The van der Waals surface area contributed by atoms with Gasteiger partial charge < -0.3 is 66.2 Å². The molecule has 1 saturated heterocycles. The van der Waals surface area contributed by atoms with Crippen LogP contribution < -0.4 is 5.32 Å². The van der Waals surface area contributed by atoms with Gasteiger partial charge in [0.05, 0.1) is 31.8 Å². The Hall–Kier alpha value is -1.34. The molecule has 1 amide bonds. The minimum absolute atomic E-state index is 0.770. The molecule has 0 spiro atoms. The molecule has 9 atom stereocenters. The van der Waals surface area contributed by atoms with Gasteiger partial charge in [-0.1, -0.05) is 0 Å². The van der Waals surface area contributed by atoms with E-state index in [9.17, 15) is 55.5 Å². The number of ketones is 1. The van der Waals surface area contributed by atoms with Crippen molar-refractivity contribution in [2.75, 3.05) is 13.2 Å². The summed E-state index contributed by atoms with van der Waals surface area (Å²) in [5.41, 5.74) is 0. The molecule has 0 bridgehead atoms. The number of aliphatic hydroxyl groups is 11. The molecule has 1 heterocycles. The zero-order valence-corrected chi connectivity index (χ0v) is 17.1. The highest BCUT2D eigenvalue weighted by atomic mass is 16.7. The fraction of sp³-hybridized carbons (Fsp3) is 0.882. The molecule has 188 valence electrons. The van der Waals surface area contributed by atoms with Gasteiger partial charge in [0.2, 0.25) is 11.7 Å². The van der Waals surface area contributed by atoms with Gasteiger partial charge in [0, 0.05) is 13.3 Å². The Bertz CT molecular complexity index is 647. The molecule has 1 rings (SSSR count). The average Bonchev–Trinajstić information content (AvgIpc) is 2.71. The molecule has 1 fully saturated rings. The second kappa shape index (κ2) is 11.2. The third-order valence-electron chi connectivity index (χ3n) is 5.10. The number of hydrogen-bond acceptors (Lipinski definition) is 14. The number of hydrogen-bond donors (Lipinski definition) is 12. The summed E-state index contributed by atoms with van der Waals surface area (Å²) < 4.78 is 5.12. The van der Waals surface area contributed by atoms with Crippen LogP contribution in [0.2, 0.25) is 0 Å². The van der Waals surface area contributed by atoms with Gasteiger partial charge >= 0.3 is 0 Å². The Morgan fingerprint density at radius 2 is 1.66 bits per heavy atom. The molecule has 0 unspecified atom stereocenters. The predicted molar refractivity (Wildman–Crippen MR) is 99.0 cm³/mol. The number of rotatable bonds is 11. The lowest BCUT2D eigenvalue weighted by Gasteiger charge is -2.49. The first-order valence-corrected chi connectivity index (χ1v) is 9.56. The molecule has 32 heavy (non-hydrogen) atoms. The van der Waals surface area contributed by atoms with E-state index in [1.165, 1.54) is 0 Å². The van der Waals surface area contributed by atoms with Crippen molar-refractivity contribution in [3.8, 4) is 0 Å². The van der Waals surface area contributed by atoms with Gasteiger partial charge in [-0.2, -0.15) is 0 Å². The maximum Gasteiger partial charge on any atom is 0.221 e. The Labute approximate surface area is 181 Å². The summed E-state index contributed by atoms with van der Waals surface area (Å²) in [6.45, 7) is -1.20. The number of amides is 1. The Kier molecular flexibility index (Phi) is 10.0. The minimum Gasteiger partial charge on any atom is -0.394 e. The molecule has 0 aliphatic carbocycles. The van der Waals surface area contributed by atoms with Crippen LogP contribution in [0.15, 0.2) is 0 Å². The Morgan fingerprint density at radius 3 is 2.12 bits per heavy atom. The third kappa shape index (κ3) is 6.60. The van der Waals surface area contributed by atoms with Gasteiger partial charge in [-0.15, -0.1) is 0 Å². The summed E-state index contributed by atoms with van der Waals surface area (Å²) >= 11 is 0. The number of aliphatic hydroxyl groups excluding tert-OH is 8. The van der Waals surface area contributed by atoms with E-state index in [-0.39, 0.29) is 0 Å². The van der Waals surface area contributed by atoms with Crippen molar-refractivity contribution in [1.82, 2.24) is 5.32 Å². The molecule has 1 aliphatic rings. The van der Waals surface area contributed by atoms with Crippen LogP contribution in [0.1, 0.15) is 19.8 Å². The van der Waals surface area contributed by atoms with Crippen LogP contribution in [0, 0.1) is 0 Å². The summed E-state index contributed by atoms with van der Waals surface area (Å²) in [4.78, 5) is 23.7. The van der Waals surface area contributed by atoms with Crippen LogP contribution in [-0.4, -0.2) is 141 Å². The zero-order chi connectivity index (χ0) is 25.0. The van der Waals surface area contributed by atoms with E-state index >= 15 is 0 Å². The van der Waals surface area contributed by atoms with Crippen LogP contribution >= 0.6 is 0 Å². The molecular formula is C17H31NO14. The van der Waals surface area contributed by atoms with E-state index in [4.69, 9.17) is 14.9 Å². The van der Waals surface area contributed by atoms with E-state index in [1.54, 1.807) is 0 Å². The van der Waals surface area contributed by atoms with Crippen molar-refractivity contribution in [2.45, 2.75) is 80.1 Å². The quantitative estimate of drug-likeness (QED) is 0.124. The van der Waals surface area contributed by atoms with Crippen LogP contribution in [0.3, 0.4) is 0 Å². The molecular weight excluding hydrogens is 442 g/mol. The van der Waals surface area contributed by atoms with E-state index < -0.39 is 98.1 Å². The molecule has 0 aromatic rings. The largest absolute Gasteiger partial charge is 0.394 e. The molecule has 0 saturated carbocycles. The number of Topliss-reactive ketones (excluding diaryl/α,β-unsaturated/α-hetero) is 1. The first-order chi connectivity index (χ1) is 14.6. The van der Waals surface area contributed by atoms with Gasteiger partial charge in [0.15, 0.2) is 11.6 Å². The molecule has 0 aromatic heterocycles. The molecule has 15 nitrogen and oxygen atoms in total. The number of ether oxygens (including phenoxy) is 1.